The molecule has 42 heavy (non-hydrogen) atoms. The lowest BCUT2D eigenvalue weighted by Crippen LogP contribution is -2.50. The van der Waals surface area contributed by atoms with Crippen LogP contribution in [-0.4, -0.2) is 69.3 Å². The van der Waals surface area contributed by atoms with E-state index in [1.165, 1.54) is 34.1 Å². The molecule has 0 bridgehead atoms. The van der Waals surface area contributed by atoms with E-state index < -0.39 is 30.0 Å². The van der Waals surface area contributed by atoms with Crippen LogP contribution in [0.25, 0.3) is 11.5 Å². The van der Waals surface area contributed by atoms with Gasteiger partial charge in [0.15, 0.2) is 11.5 Å². The van der Waals surface area contributed by atoms with Gasteiger partial charge in [-0.25, -0.2) is 18.7 Å². The predicted molar refractivity (Wildman–Crippen MR) is 141 cm³/mol. The molecule has 1 aliphatic heterocycles. The summed E-state index contributed by atoms with van der Waals surface area (Å²) in [5, 5.41) is 12.4. The van der Waals surface area contributed by atoms with Crippen molar-refractivity contribution in [2.24, 2.45) is 18.4 Å². The predicted octanol–water partition coefficient (Wildman–Crippen LogP) is 4.07. The number of nitrogens with one attached hydrogen (secondary N) is 3. The second-order valence-corrected chi connectivity index (χ2v) is 11.1. The van der Waals surface area contributed by atoms with Gasteiger partial charge < -0.3 is 20.4 Å². The molecule has 1 aliphatic carbocycles. The molecule has 11 nitrogen and oxygen atoms in total. The lowest BCUT2D eigenvalue weighted by Gasteiger charge is -2.37. The van der Waals surface area contributed by atoms with E-state index in [2.05, 4.69) is 31.0 Å². The first kappa shape index (κ1) is 29.4. The summed E-state index contributed by atoms with van der Waals surface area (Å²) in [6.07, 6.45) is -0.984. The molecule has 2 fully saturated rings. The number of rotatable bonds is 9. The van der Waals surface area contributed by atoms with Crippen LogP contribution in [0.3, 0.4) is 0 Å². The van der Waals surface area contributed by atoms with Crippen molar-refractivity contribution in [2.75, 3.05) is 35.2 Å². The Morgan fingerprint density at radius 3 is 2.67 bits per heavy atom. The number of amides is 2. The van der Waals surface area contributed by atoms with Gasteiger partial charge in [0.1, 0.15) is 24.3 Å². The number of hydrogen-bond donors (Lipinski definition) is 3. The van der Waals surface area contributed by atoms with Crippen molar-refractivity contribution >= 4 is 29.1 Å². The number of pyridine rings is 1. The first-order valence-corrected chi connectivity index (χ1v) is 13.1. The Kier molecular flexibility index (Phi) is 7.45. The summed E-state index contributed by atoms with van der Waals surface area (Å²) in [4.78, 5) is 35.9. The topological polar surface area (TPSA) is 130 Å². The highest BCUT2D eigenvalue weighted by molar-refractivity contribution is 6.07. The van der Waals surface area contributed by atoms with E-state index in [-0.39, 0.29) is 66.2 Å². The van der Waals surface area contributed by atoms with Crippen LogP contribution >= 0.6 is 0 Å². The average Bonchev–Trinajstić information content (AvgIpc) is 3.57. The summed E-state index contributed by atoms with van der Waals surface area (Å²) < 4.78 is 70.9. The number of aromatic nitrogens is 4. The third kappa shape index (κ3) is 6.22. The molecule has 0 aromatic carbocycles. The summed E-state index contributed by atoms with van der Waals surface area (Å²) in [6.45, 7) is 2.94. The standard InChI is InChI=1S/C26H29F5N8O3/c1-24(2)15(9-33-16-7-25(27,28)8-16)10-39(23(24)41)20-17(11-38(3)37-20)35-21(40)18-12-42-22(36-18)14-4-5-32-19(6-14)34-13-26(29,30)31/h4-6,11-12,15-16,33H,7-10,13H2,1-3H3,(H,32,34)(H,35,40). The average molecular weight is 597 g/mol. The van der Waals surface area contributed by atoms with Gasteiger partial charge in [-0.2, -0.15) is 18.3 Å². The molecule has 1 unspecified atom stereocenters. The minimum absolute atomic E-state index is 0.0138. The van der Waals surface area contributed by atoms with E-state index in [4.69, 9.17) is 4.42 Å². The molecule has 3 aromatic heterocycles. The van der Waals surface area contributed by atoms with E-state index in [9.17, 15) is 31.5 Å². The van der Waals surface area contributed by atoms with Crippen molar-refractivity contribution < 1.29 is 36.0 Å². The maximum absolute atomic E-state index is 13.4. The van der Waals surface area contributed by atoms with Crippen LogP contribution in [0.1, 0.15) is 37.2 Å². The molecule has 1 saturated carbocycles. The second-order valence-electron chi connectivity index (χ2n) is 11.1. The van der Waals surface area contributed by atoms with Gasteiger partial charge in [0.2, 0.25) is 11.8 Å². The van der Waals surface area contributed by atoms with Gasteiger partial charge in [0.25, 0.3) is 11.8 Å². The minimum atomic E-state index is -4.43. The Morgan fingerprint density at radius 1 is 1.24 bits per heavy atom. The molecule has 3 N–H and O–H groups in total. The maximum Gasteiger partial charge on any atom is 0.405 e. The molecule has 2 aliphatic rings. The van der Waals surface area contributed by atoms with Crippen molar-refractivity contribution in [3.8, 4) is 11.5 Å². The Hall–Kier alpha value is -4.08. The molecule has 226 valence electrons. The highest BCUT2D eigenvalue weighted by atomic mass is 19.4. The SMILES string of the molecule is Cn1cc(NC(=O)c2coc(-c3ccnc(NCC(F)(F)F)c3)n2)c(N2CC(CNC3CC(F)(F)C3)C(C)(C)C2=O)n1. The Balaban J connectivity index is 1.27. The fourth-order valence-electron chi connectivity index (χ4n) is 4.98. The molecule has 0 spiro atoms. The summed E-state index contributed by atoms with van der Waals surface area (Å²) in [5.41, 5.74) is -0.386. The highest BCUT2D eigenvalue weighted by Crippen LogP contribution is 2.42. The van der Waals surface area contributed by atoms with E-state index in [1.807, 2.05) is 0 Å². The summed E-state index contributed by atoms with van der Waals surface area (Å²) in [5.74, 6) is -3.58. The second kappa shape index (κ2) is 10.6. The lowest BCUT2D eigenvalue weighted by atomic mass is 9.80. The number of anilines is 3. The lowest BCUT2D eigenvalue weighted by molar-refractivity contribution is -0.125. The molecule has 1 atom stereocenters. The number of alkyl halides is 5. The van der Waals surface area contributed by atoms with Gasteiger partial charge in [-0.05, 0) is 12.1 Å². The molecule has 0 radical (unpaired) electrons. The van der Waals surface area contributed by atoms with Gasteiger partial charge >= 0.3 is 6.18 Å². The largest absolute Gasteiger partial charge is 0.444 e. The van der Waals surface area contributed by atoms with Crippen molar-refractivity contribution in [3.63, 3.8) is 0 Å². The number of carbonyl (C=O) groups is 2. The van der Waals surface area contributed by atoms with Gasteiger partial charge in [0, 0.05) is 62.1 Å². The first-order valence-electron chi connectivity index (χ1n) is 13.1. The fraction of sp³-hybridized carbons (Fsp3) is 0.500. The van der Waals surface area contributed by atoms with E-state index >= 15 is 0 Å². The highest BCUT2D eigenvalue weighted by Gasteiger charge is 2.50. The normalized spacial score (nSPS) is 20.0. The fourth-order valence-corrected chi connectivity index (χ4v) is 4.98. The molecular formula is C26H29F5N8O3. The van der Waals surface area contributed by atoms with Crippen molar-refractivity contribution in [1.82, 2.24) is 25.1 Å². The zero-order valence-corrected chi connectivity index (χ0v) is 22.9. The summed E-state index contributed by atoms with van der Waals surface area (Å²) >= 11 is 0. The van der Waals surface area contributed by atoms with Crippen molar-refractivity contribution in [2.45, 2.75) is 44.8 Å². The van der Waals surface area contributed by atoms with Crippen LogP contribution in [0.15, 0.2) is 35.2 Å². The van der Waals surface area contributed by atoms with Gasteiger partial charge in [0.05, 0.1) is 6.20 Å². The Morgan fingerprint density at radius 2 is 1.98 bits per heavy atom. The van der Waals surface area contributed by atoms with E-state index in [0.717, 1.165) is 6.26 Å². The first-order chi connectivity index (χ1) is 19.6. The van der Waals surface area contributed by atoms with Crippen molar-refractivity contribution in [3.05, 3.63) is 36.5 Å². The number of nitrogens with zero attached hydrogens (tertiary/aromatic N) is 5. The van der Waals surface area contributed by atoms with Crippen LogP contribution < -0.4 is 20.9 Å². The van der Waals surface area contributed by atoms with Crippen LogP contribution in [0, 0.1) is 11.3 Å². The smallest absolute Gasteiger partial charge is 0.405 e. The van der Waals surface area contributed by atoms with E-state index in [1.54, 1.807) is 20.9 Å². The molecule has 5 rings (SSSR count). The molecular weight excluding hydrogens is 567 g/mol. The van der Waals surface area contributed by atoms with Gasteiger partial charge in [-0.15, -0.1) is 0 Å². The number of aryl methyl sites for hydroxylation is 1. The van der Waals surface area contributed by atoms with Crippen LogP contribution in [-0.2, 0) is 11.8 Å². The number of halogens is 5. The summed E-state index contributed by atoms with van der Waals surface area (Å²) in [7, 11) is 1.63. The van der Waals surface area contributed by atoms with Crippen LogP contribution in [0.4, 0.5) is 39.3 Å². The Labute approximate surface area is 236 Å². The number of hydrogen-bond acceptors (Lipinski definition) is 8. The minimum Gasteiger partial charge on any atom is -0.444 e. The third-order valence-corrected chi connectivity index (χ3v) is 7.49. The zero-order chi connectivity index (χ0) is 30.4. The monoisotopic (exact) mass is 596 g/mol. The third-order valence-electron chi connectivity index (χ3n) is 7.49. The van der Waals surface area contributed by atoms with Crippen LogP contribution in [0.2, 0.25) is 0 Å². The van der Waals surface area contributed by atoms with E-state index in [0.29, 0.717) is 12.1 Å². The molecule has 4 heterocycles. The maximum atomic E-state index is 13.4. The van der Waals surface area contributed by atoms with Crippen molar-refractivity contribution in [1.29, 1.82) is 0 Å². The molecule has 16 heteroatoms. The van der Waals surface area contributed by atoms with Gasteiger partial charge in [-0.3, -0.25) is 19.2 Å². The quantitative estimate of drug-likeness (QED) is 0.315. The molecule has 1 saturated heterocycles. The number of carbonyl (C=O) groups excluding carboxylic acids is 2. The summed E-state index contributed by atoms with van der Waals surface area (Å²) in [6, 6.07) is 2.47. The zero-order valence-electron chi connectivity index (χ0n) is 22.9. The molecule has 3 aromatic rings. The number of oxazole rings is 1. The van der Waals surface area contributed by atoms with Crippen LogP contribution in [0.5, 0.6) is 0 Å². The Bertz CT molecular complexity index is 1480. The van der Waals surface area contributed by atoms with Gasteiger partial charge in [-0.1, -0.05) is 13.8 Å². The molecule has 2 amide bonds.